The Morgan fingerprint density at radius 1 is 1.21 bits per heavy atom. The van der Waals surface area contributed by atoms with Gasteiger partial charge < -0.3 is 9.47 Å². The minimum Gasteiger partial charge on any atom is -0.490 e. The zero-order chi connectivity index (χ0) is 20.7. The Hall–Kier alpha value is -2.85. The average Bonchev–Trinajstić information content (AvgIpc) is 2.65. The number of hydrazone groups is 1. The highest BCUT2D eigenvalue weighted by Gasteiger charge is 2.17. The van der Waals surface area contributed by atoms with Crippen molar-refractivity contribution < 1.29 is 22.8 Å². The maximum atomic E-state index is 12.3. The molecule has 0 spiro atoms. The Bertz CT molecular complexity index is 994. The summed E-state index contributed by atoms with van der Waals surface area (Å²) in [5.41, 5.74) is 0.130. The largest absolute Gasteiger partial charge is 0.490 e. The number of rotatable bonds is 9. The third-order valence-corrected chi connectivity index (χ3v) is 4.85. The van der Waals surface area contributed by atoms with Crippen LogP contribution < -0.4 is 14.3 Å². The molecule has 0 bridgehead atoms. The van der Waals surface area contributed by atoms with Crippen molar-refractivity contribution in [1.29, 1.82) is 0 Å². The van der Waals surface area contributed by atoms with Gasteiger partial charge in [-0.05, 0) is 37.6 Å². The van der Waals surface area contributed by atoms with Crippen molar-refractivity contribution in [1.82, 2.24) is 4.83 Å². The highest BCUT2D eigenvalue weighted by molar-refractivity contribution is 7.89. The van der Waals surface area contributed by atoms with E-state index < -0.39 is 14.9 Å². The van der Waals surface area contributed by atoms with Crippen LogP contribution in [0.4, 0.5) is 5.69 Å². The number of sulfonamides is 1. The van der Waals surface area contributed by atoms with Crippen LogP contribution in [0.1, 0.15) is 19.4 Å². The monoisotopic (exact) mass is 427 g/mol. The number of nitro groups is 1. The molecular formula is C17H18ClN3O6S. The number of hydrogen-bond acceptors (Lipinski definition) is 7. The number of nitro benzene ring substituents is 1. The Morgan fingerprint density at radius 3 is 2.57 bits per heavy atom. The molecule has 0 aromatic heterocycles. The lowest BCUT2D eigenvalue weighted by Gasteiger charge is -2.13. The van der Waals surface area contributed by atoms with Crippen molar-refractivity contribution in [2.45, 2.75) is 18.7 Å². The lowest BCUT2D eigenvalue weighted by molar-refractivity contribution is -0.385. The van der Waals surface area contributed by atoms with Gasteiger partial charge in [-0.3, -0.25) is 10.1 Å². The lowest BCUT2D eigenvalue weighted by Crippen LogP contribution is -2.18. The fraction of sp³-hybridized carbons (Fsp3) is 0.235. The predicted octanol–water partition coefficient (Wildman–Crippen LogP) is 3.36. The molecule has 11 heteroatoms. The van der Waals surface area contributed by atoms with E-state index in [9.17, 15) is 18.5 Å². The molecule has 0 atom stereocenters. The summed E-state index contributed by atoms with van der Waals surface area (Å²) in [7, 11) is -4.07. The van der Waals surface area contributed by atoms with E-state index in [1.165, 1.54) is 24.4 Å². The number of benzene rings is 2. The molecule has 0 saturated heterocycles. The fourth-order valence-electron chi connectivity index (χ4n) is 2.20. The minimum absolute atomic E-state index is 0.279. The number of nitrogens with one attached hydrogen (secondary N) is 1. The normalized spacial score (nSPS) is 11.4. The maximum Gasteiger partial charge on any atom is 0.276 e. The quantitative estimate of drug-likeness (QED) is 0.372. The molecule has 0 unspecified atom stereocenters. The molecule has 28 heavy (non-hydrogen) atoms. The molecule has 2 rings (SSSR count). The molecule has 0 aliphatic rings. The van der Waals surface area contributed by atoms with Crippen molar-refractivity contribution in [3.63, 3.8) is 0 Å². The number of halogens is 1. The van der Waals surface area contributed by atoms with Crippen LogP contribution in [-0.2, 0) is 10.0 Å². The van der Waals surface area contributed by atoms with Gasteiger partial charge in [-0.25, -0.2) is 4.83 Å². The molecule has 0 aliphatic carbocycles. The summed E-state index contributed by atoms with van der Waals surface area (Å²) in [4.78, 5) is 11.8. The summed E-state index contributed by atoms with van der Waals surface area (Å²) in [6.07, 6.45) is 1.24. The maximum absolute atomic E-state index is 12.3. The van der Waals surface area contributed by atoms with Crippen LogP contribution >= 0.6 is 11.6 Å². The average molecular weight is 428 g/mol. The van der Waals surface area contributed by atoms with Crippen molar-refractivity contribution in [2.75, 3.05) is 13.2 Å². The van der Waals surface area contributed by atoms with Crippen LogP contribution in [0.3, 0.4) is 0 Å². The first-order valence-corrected chi connectivity index (χ1v) is 10.0. The highest BCUT2D eigenvalue weighted by Crippen LogP contribution is 2.36. The van der Waals surface area contributed by atoms with Crippen molar-refractivity contribution in [2.24, 2.45) is 5.10 Å². The van der Waals surface area contributed by atoms with Gasteiger partial charge >= 0.3 is 0 Å². The van der Waals surface area contributed by atoms with Crippen molar-refractivity contribution >= 4 is 33.5 Å². The first kappa shape index (κ1) is 21.5. The molecule has 0 radical (unpaired) electrons. The smallest absolute Gasteiger partial charge is 0.276 e. The molecule has 0 fully saturated rings. The number of ether oxygens (including phenoxy) is 2. The molecule has 0 amide bonds. The molecule has 2 aromatic carbocycles. The summed E-state index contributed by atoms with van der Waals surface area (Å²) >= 11 is 6.19. The SMILES string of the molecule is CCOc1cc(/C=N/NS(=O)(=O)c2cccc([N+](=O)[O-])c2)cc(Cl)c1OCC. The van der Waals surface area contributed by atoms with Gasteiger partial charge in [-0.2, -0.15) is 13.5 Å². The van der Waals surface area contributed by atoms with Crippen molar-refractivity contribution in [3.05, 3.63) is 57.1 Å². The van der Waals surface area contributed by atoms with E-state index >= 15 is 0 Å². The molecular weight excluding hydrogens is 410 g/mol. The van der Waals surface area contributed by atoms with Crippen LogP contribution in [0.2, 0.25) is 5.02 Å². The molecule has 2 aromatic rings. The van der Waals surface area contributed by atoms with Crippen molar-refractivity contribution in [3.8, 4) is 11.5 Å². The number of nitrogens with zero attached hydrogens (tertiary/aromatic N) is 2. The first-order chi connectivity index (χ1) is 13.3. The van der Waals surface area contributed by atoms with Gasteiger partial charge in [-0.15, -0.1) is 0 Å². The van der Waals surface area contributed by atoms with Gasteiger partial charge in [0.25, 0.3) is 15.7 Å². The fourth-order valence-corrected chi connectivity index (χ4v) is 3.30. The van der Waals surface area contributed by atoms with E-state index in [1.54, 1.807) is 19.1 Å². The highest BCUT2D eigenvalue weighted by atomic mass is 35.5. The summed E-state index contributed by atoms with van der Waals surface area (Å²) in [5.74, 6) is 0.792. The van der Waals surface area contributed by atoms with Gasteiger partial charge in [0, 0.05) is 12.1 Å². The number of hydrogen-bond donors (Lipinski definition) is 1. The van der Waals surface area contributed by atoms with E-state index in [0.717, 1.165) is 6.07 Å². The van der Waals surface area contributed by atoms with E-state index in [-0.39, 0.29) is 15.6 Å². The van der Waals surface area contributed by atoms with Crippen LogP contribution in [0, 0.1) is 10.1 Å². The second-order valence-electron chi connectivity index (χ2n) is 5.30. The van der Waals surface area contributed by atoms with Crippen LogP contribution in [0.15, 0.2) is 46.4 Å². The summed E-state index contributed by atoms with van der Waals surface area (Å²) < 4.78 is 35.5. The Morgan fingerprint density at radius 2 is 1.93 bits per heavy atom. The number of non-ortho nitro benzene ring substituents is 1. The van der Waals surface area contributed by atoms with E-state index in [1.807, 2.05) is 11.8 Å². The molecule has 9 nitrogen and oxygen atoms in total. The Labute approximate surface area is 167 Å². The second-order valence-corrected chi connectivity index (χ2v) is 7.37. The van der Waals surface area contributed by atoms with E-state index in [2.05, 4.69) is 5.10 Å². The second kappa shape index (κ2) is 9.38. The predicted molar refractivity (Wildman–Crippen MR) is 105 cm³/mol. The molecule has 0 saturated carbocycles. The molecule has 1 N–H and O–H groups in total. The molecule has 0 aliphatic heterocycles. The zero-order valence-electron chi connectivity index (χ0n) is 15.1. The summed E-state index contributed by atoms with van der Waals surface area (Å²) in [5, 5.41) is 14.8. The van der Waals surface area contributed by atoms with Gasteiger partial charge in [-0.1, -0.05) is 17.7 Å². The minimum atomic E-state index is -4.07. The lowest BCUT2D eigenvalue weighted by atomic mass is 10.2. The van der Waals surface area contributed by atoms with Gasteiger partial charge in [0.2, 0.25) is 0 Å². The van der Waals surface area contributed by atoms with E-state index in [0.29, 0.717) is 30.3 Å². The summed E-state index contributed by atoms with van der Waals surface area (Å²) in [6.45, 7) is 4.40. The standard InChI is InChI=1S/C17H18ClN3O6S/c1-3-26-16-9-12(8-15(18)17(16)27-4-2)11-19-20-28(24,25)14-7-5-6-13(10-14)21(22)23/h5-11,20H,3-4H2,1-2H3/b19-11+. The van der Waals surface area contributed by atoms with Crippen LogP contribution in [0.5, 0.6) is 11.5 Å². The molecule has 0 heterocycles. The topological polar surface area (TPSA) is 120 Å². The Balaban J connectivity index is 2.24. The third kappa shape index (κ3) is 5.33. The summed E-state index contributed by atoms with van der Waals surface area (Å²) in [6, 6.07) is 7.78. The van der Waals surface area contributed by atoms with Gasteiger partial charge in [0.1, 0.15) is 0 Å². The van der Waals surface area contributed by atoms with Gasteiger partial charge in [0.05, 0.1) is 34.3 Å². The Kier molecular flexibility index (Phi) is 7.18. The zero-order valence-corrected chi connectivity index (χ0v) is 16.7. The first-order valence-electron chi connectivity index (χ1n) is 8.17. The third-order valence-electron chi connectivity index (χ3n) is 3.35. The van der Waals surface area contributed by atoms with Crippen LogP contribution in [-0.4, -0.2) is 32.8 Å². The van der Waals surface area contributed by atoms with Gasteiger partial charge in [0.15, 0.2) is 11.5 Å². The molecule has 150 valence electrons. The van der Waals surface area contributed by atoms with Crippen LogP contribution in [0.25, 0.3) is 0 Å². The van der Waals surface area contributed by atoms with E-state index in [4.69, 9.17) is 21.1 Å².